The molecule has 1 heterocycles. The monoisotopic (exact) mass is 332 g/mol. The third-order valence-corrected chi connectivity index (χ3v) is 4.45. The number of ether oxygens (including phenoxy) is 3. The first-order chi connectivity index (χ1) is 11.3. The third-order valence-electron chi connectivity index (χ3n) is 4.45. The number of phenolic OH excluding ortho intramolecular Hbond substituents is 1. The molecule has 0 amide bonds. The molecule has 2 atom stereocenters. The number of methoxy groups -OCH3 is 2. The topological polar surface area (TPSA) is 85.2 Å². The van der Waals surface area contributed by atoms with Gasteiger partial charge in [0.15, 0.2) is 0 Å². The maximum Gasteiger partial charge on any atom is 0.342 e. The van der Waals surface area contributed by atoms with Crippen LogP contribution < -0.4 is 4.74 Å². The molecule has 2 aromatic carbocycles. The lowest BCUT2D eigenvalue weighted by Crippen LogP contribution is -2.50. The van der Waals surface area contributed by atoms with E-state index in [1.165, 1.54) is 14.2 Å². The molecular formula is C18H20O6. The molecule has 3 rings (SSSR count). The molecule has 0 fully saturated rings. The Hall–Kier alpha value is -2.31. The fourth-order valence-electron chi connectivity index (χ4n) is 3.37. The van der Waals surface area contributed by atoms with Gasteiger partial charge in [0.2, 0.25) is 0 Å². The van der Waals surface area contributed by atoms with Gasteiger partial charge in [0.05, 0.1) is 7.11 Å². The summed E-state index contributed by atoms with van der Waals surface area (Å²) in [6.45, 7) is 3.60. The number of esters is 1. The van der Waals surface area contributed by atoms with E-state index in [0.29, 0.717) is 16.5 Å². The summed E-state index contributed by atoms with van der Waals surface area (Å²) in [6, 6.07) is 7.00. The molecule has 6 nitrogen and oxygen atoms in total. The van der Waals surface area contributed by atoms with Crippen molar-refractivity contribution < 1.29 is 29.2 Å². The summed E-state index contributed by atoms with van der Waals surface area (Å²) < 4.78 is 16.3. The molecule has 0 spiro atoms. The van der Waals surface area contributed by atoms with Crippen LogP contribution in [0.1, 0.15) is 35.9 Å². The zero-order valence-electron chi connectivity index (χ0n) is 14.0. The van der Waals surface area contributed by atoms with Crippen LogP contribution in [0.15, 0.2) is 24.3 Å². The highest BCUT2D eigenvalue weighted by Crippen LogP contribution is 2.50. The van der Waals surface area contributed by atoms with E-state index in [2.05, 4.69) is 0 Å². The Morgan fingerprint density at radius 1 is 1.21 bits per heavy atom. The van der Waals surface area contributed by atoms with Crippen LogP contribution in [0.5, 0.6) is 11.5 Å². The average Bonchev–Trinajstić information content (AvgIpc) is 2.55. The average molecular weight is 332 g/mol. The van der Waals surface area contributed by atoms with Gasteiger partial charge < -0.3 is 24.4 Å². The summed E-state index contributed by atoms with van der Waals surface area (Å²) in [4.78, 5) is 12.3. The normalized spacial score (nSPS) is 21.9. The van der Waals surface area contributed by atoms with E-state index in [-0.39, 0.29) is 16.9 Å². The summed E-state index contributed by atoms with van der Waals surface area (Å²) in [7, 11) is 2.68. The minimum absolute atomic E-state index is 0.101. The van der Waals surface area contributed by atoms with Gasteiger partial charge in [0, 0.05) is 23.4 Å². The van der Waals surface area contributed by atoms with Crippen molar-refractivity contribution in [3.05, 3.63) is 35.4 Å². The molecule has 2 unspecified atom stereocenters. The number of benzene rings is 2. The second-order valence-electron chi connectivity index (χ2n) is 6.31. The van der Waals surface area contributed by atoms with E-state index in [4.69, 9.17) is 14.2 Å². The van der Waals surface area contributed by atoms with Gasteiger partial charge >= 0.3 is 5.97 Å². The smallest absolute Gasteiger partial charge is 0.342 e. The van der Waals surface area contributed by atoms with Gasteiger partial charge in [0.25, 0.3) is 0 Å². The van der Waals surface area contributed by atoms with Gasteiger partial charge in [0.1, 0.15) is 34.9 Å². The molecule has 0 saturated heterocycles. The zero-order chi connectivity index (χ0) is 17.6. The van der Waals surface area contributed by atoms with E-state index in [1.54, 1.807) is 38.1 Å². The van der Waals surface area contributed by atoms with Crippen molar-refractivity contribution >= 4 is 16.7 Å². The largest absolute Gasteiger partial charge is 0.506 e. The van der Waals surface area contributed by atoms with Gasteiger partial charge in [-0.25, -0.2) is 4.79 Å². The zero-order valence-corrected chi connectivity index (χ0v) is 14.0. The first kappa shape index (κ1) is 16.5. The quantitative estimate of drug-likeness (QED) is 0.822. The maximum absolute atomic E-state index is 12.3. The number of carbonyl (C=O) groups is 1. The fraction of sp³-hybridized carbons (Fsp3) is 0.389. The van der Waals surface area contributed by atoms with Crippen LogP contribution in [0, 0.1) is 0 Å². The highest BCUT2D eigenvalue weighted by molar-refractivity contribution is 6.06. The van der Waals surface area contributed by atoms with Gasteiger partial charge in [-0.15, -0.1) is 0 Å². The fourth-order valence-corrected chi connectivity index (χ4v) is 3.37. The van der Waals surface area contributed by atoms with Crippen molar-refractivity contribution in [3.63, 3.8) is 0 Å². The van der Waals surface area contributed by atoms with E-state index in [9.17, 15) is 15.0 Å². The molecule has 0 bridgehead atoms. The lowest BCUT2D eigenvalue weighted by molar-refractivity contribution is -0.129. The standard InChI is InChI=1S/C18H20O6/c1-18(2)16(22-3)14(20)11-12(17(21)23-4)13(19)9-7-5-6-8-10(9)15(11)24-18/h5-8,14,16,19-20H,1-4H3. The van der Waals surface area contributed by atoms with Gasteiger partial charge in [-0.2, -0.15) is 0 Å². The second-order valence-corrected chi connectivity index (χ2v) is 6.31. The van der Waals surface area contributed by atoms with Crippen LogP contribution in [-0.4, -0.2) is 42.1 Å². The predicted molar refractivity (Wildman–Crippen MR) is 87.4 cm³/mol. The third kappa shape index (κ3) is 2.22. The van der Waals surface area contributed by atoms with Crippen molar-refractivity contribution in [1.82, 2.24) is 0 Å². The SMILES string of the molecule is COC(=O)c1c2c(c3ccccc3c1O)OC(C)(C)C(OC)C2O. The van der Waals surface area contributed by atoms with Crippen LogP contribution in [0.4, 0.5) is 0 Å². The first-order valence-corrected chi connectivity index (χ1v) is 7.59. The summed E-state index contributed by atoms with van der Waals surface area (Å²) in [5, 5.41) is 22.5. The molecule has 24 heavy (non-hydrogen) atoms. The number of phenols is 1. The number of hydrogen-bond donors (Lipinski definition) is 2. The molecule has 6 heteroatoms. The molecule has 0 aromatic heterocycles. The maximum atomic E-state index is 12.3. The van der Waals surface area contributed by atoms with Crippen molar-refractivity contribution in [2.24, 2.45) is 0 Å². The number of rotatable bonds is 2. The van der Waals surface area contributed by atoms with E-state index < -0.39 is 23.8 Å². The molecule has 2 N–H and O–H groups in total. The molecule has 2 aromatic rings. The number of aromatic hydroxyl groups is 1. The Labute approximate surface area is 139 Å². The molecule has 0 aliphatic carbocycles. The van der Waals surface area contributed by atoms with Gasteiger partial charge in [-0.1, -0.05) is 24.3 Å². The molecule has 128 valence electrons. The van der Waals surface area contributed by atoms with Gasteiger partial charge in [-0.3, -0.25) is 0 Å². The Kier molecular flexibility index (Phi) is 3.89. The highest BCUT2D eigenvalue weighted by atomic mass is 16.6. The second kappa shape index (κ2) is 5.65. The number of aliphatic hydroxyl groups is 1. The number of aliphatic hydroxyl groups excluding tert-OH is 1. The molecular weight excluding hydrogens is 312 g/mol. The van der Waals surface area contributed by atoms with Crippen molar-refractivity contribution in [2.75, 3.05) is 14.2 Å². The van der Waals surface area contributed by atoms with Crippen LogP contribution in [0.2, 0.25) is 0 Å². The Bertz CT molecular complexity index is 811. The number of carbonyl (C=O) groups excluding carboxylic acids is 1. The lowest BCUT2D eigenvalue weighted by Gasteiger charge is -2.43. The predicted octanol–water partition coefficient (Wildman–Crippen LogP) is 2.55. The molecule has 1 aliphatic heterocycles. The van der Waals surface area contributed by atoms with Crippen LogP contribution in [0.3, 0.4) is 0 Å². The van der Waals surface area contributed by atoms with Crippen molar-refractivity contribution in [1.29, 1.82) is 0 Å². The Balaban J connectivity index is 2.43. The first-order valence-electron chi connectivity index (χ1n) is 7.59. The molecule has 0 radical (unpaired) electrons. The minimum Gasteiger partial charge on any atom is -0.506 e. The van der Waals surface area contributed by atoms with E-state index >= 15 is 0 Å². The summed E-state index contributed by atoms with van der Waals surface area (Å²) in [6.07, 6.45) is -1.87. The van der Waals surface area contributed by atoms with E-state index in [1.807, 2.05) is 0 Å². The van der Waals surface area contributed by atoms with Crippen molar-refractivity contribution in [3.8, 4) is 11.5 Å². The van der Waals surface area contributed by atoms with Crippen LogP contribution in [-0.2, 0) is 9.47 Å². The lowest BCUT2D eigenvalue weighted by atomic mass is 9.84. The van der Waals surface area contributed by atoms with E-state index in [0.717, 1.165) is 0 Å². The summed E-state index contributed by atoms with van der Waals surface area (Å²) in [5.74, 6) is -0.630. The summed E-state index contributed by atoms with van der Waals surface area (Å²) >= 11 is 0. The summed E-state index contributed by atoms with van der Waals surface area (Å²) in [5.41, 5.74) is -0.741. The Morgan fingerprint density at radius 2 is 1.83 bits per heavy atom. The van der Waals surface area contributed by atoms with Crippen molar-refractivity contribution in [2.45, 2.75) is 31.7 Å². The number of fused-ring (bicyclic) bond motifs is 3. The Morgan fingerprint density at radius 3 is 2.42 bits per heavy atom. The van der Waals surface area contributed by atoms with Crippen LogP contribution >= 0.6 is 0 Å². The number of hydrogen-bond acceptors (Lipinski definition) is 6. The van der Waals surface area contributed by atoms with Gasteiger partial charge in [-0.05, 0) is 13.8 Å². The molecule has 1 aliphatic rings. The minimum atomic E-state index is -1.15. The van der Waals surface area contributed by atoms with Crippen LogP contribution in [0.25, 0.3) is 10.8 Å². The highest BCUT2D eigenvalue weighted by Gasteiger charge is 2.47. The molecule has 0 saturated carbocycles.